The number of carbonyl (C=O) groups is 2. The standard InChI is InChI=1S/C19H23N3O4S/c1-3-4-13-20-18(23)15-7-9-16(10-8-15)21-19(24)22-27(25,26)17-11-5-14(2)6-12-17/h5-12H,3-4,13H2,1-2H3,(H,20,23)(H2,21,22,24). The van der Waals surface area contributed by atoms with Crippen LogP contribution in [0.4, 0.5) is 10.5 Å². The van der Waals surface area contributed by atoms with E-state index in [1.807, 2.05) is 18.6 Å². The van der Waals surface area contributed by atoms with Gasteiger partial charge in [-0.25, -0.2) is 17.9 Å². The third-order valence-electron chi connectivity index (χ3n) is 3.78. The van der Waals surface area contributed by atoms with Gasteiger partial charge in [-0.15, -0.1) is 0 Å². The van der Waals surface area contributed by atoms with Gasteiger partial charge in [0, 0.05) is 17.8 Å². The van der Waals surface area contributed by atoms with Crippen LogP contribution < -0.4 is 15.4 Å². The molecule has 0 bridgehead atoms. The van der Waals surface area contributed by atoms with Crippen LogP contribution in [0.3, 0.4) is 0 Å². The van der Waals surface area contributed by atoms with Crippen molar-refractivity contribution in [2.24, 2.45) is 0 Å². The van der Waals surface area contributed by atoms with Crippen molar-refractivity contribution in [3.8, 4) is 0 Å². The zero-order chi connectivity index (χ0) is 19.9. The Morgan fingerprint density at radius 1 is 0.963 bits per heavy atom. The molecule has 2 rings (SSSR count). The number of amides is 3. The van der Waals surface area contributed by atoms with Gasteiger partial charge in [-0.05, 0) is 49.7 Å². The summed E-state index contributed by atoms with van der Waals surface area (Å²) in [7, 11) is -3.96. The number of anilines is 1. The Morgan fingerprint density at radius 3 is 2.19 bits per heavy atom. The molecule has 0 saturated heterocycles. The van der Waals surface area contributed by atoms with Crippen LogP contribution >= 0.6 is 0 Å². The fourth-order valence-corrected chi connectivity index (χ4v) is 3.15. The number of sulfonamides is 1. The van der Waals surface area contributed by atoms with Gasteiger partial charge in [0.2, 0.25) is 0 Å². The second-order valence-corrected chi connectivity index (χ2v) is 7.74. The van der Waals surface area contributed by atoms with Crippen LogP contribution in [0.5, 0.6) is 0 Å². The highest BCUT2D eigenvalue weighted by atomic mass is 32.2. The number of rotatable bonds is 7. The van der Waals surface area contributed by atoms with E-state index < -0.39 is 16.1 Å². The highest BCUT2D eigenvalue weighted by molar-refractivity contribution is 7.90. The van der Waals surface area contributed by atoms with Crippen LogP contribution in [0.15, 0.2) is 53.4 Å². The molecule has 2 aromatic carbocycles. The van der Waals surface area contributed by atoms with Gasteiger partial charge >= 0.3 is 6.03 Å². The van der Waals surface area contributed by atoms with Gasteiger partial charge < -0.3 is 10.6 Å². The van der Waals surface area contributed by atoms with Crippen molar-refractivity contribution in [3.05, 3.63) is 59.7 Å². The Hall–Kier alpha value is -2.87. The molecule has 0 unspecified atom stereocenters. The van der Waals surface area contributed by atoms with Crippen LogP contribution in [0.1, 0.15) is 35.7 Å². The molecule has 7 nitrogen and oxygen atoms in total. The van der Waals surface area contributed by atoms with Gasteiger partial charge in [0.25, 0.3) is 15.9 Å². The predicted octanol–water partition coefficient (Wildman–Crippen LogP) is 3.04. The van der Waals surface area contributed by atoms with E-state index in [-0.39, 0.29) is 10.8 Å². The van der Waals surface area contributed by atoms with Crippen LogP contribution in [-0.2, 0) is 10.0 Å². The van der Waals surface area contributed by atoms with Crippen LogP contribution in [-0.4, -0.2) is 26.9 Å². The highest BCUT2D eigenvalue weighted by Gasteiger charge is 2.17. The minimum atomic E-state index is -3.96. The lowest BCUT2D eigenvalue weighted by atomic mass is 10.2. The van der Waals surface area contributed by atoms with Crippen LogP contribution in [0.2, 0.25) is 0 Å². The second kappa shape index (κ2) is 9.18. The minimum Gasteiger partial charge on any atom is -0.352 e. The quantitative estimate of drug-likeness (QED) is 0.633. The van der Waals surface area contributed by atoms with Gasteiger partial charge in [0.1, 0.15) is 0 Å². The summed E-state index contributed by atoms with van der Waals surface area (Å²) in [6.45, 7) is 4.48. The summed E-state index contributed by atoms with van der Waals surface area (Å²) in [5.41, 5.74) is 1.75. The molecule has 0 heterocycles. The summed E-state index contributed by atoms with van der Waals surface area (Å²) >= 11 is 0. The SMILES string of the molecule is CCCCNC(=O)c1ccc(NC(=O)NS(=O)(=O)c2ccc(C)cc2)cc1. The van der Waals surface area contributed by atoms with Crippen molar-refractivity contribution in [2.75, 3.05) is 11.9 Å². The van der Waals surface area contributed by atoms with Crippen molar-refractivity contribution in [1.82, 2.24) is 10.0 Å². The second-order valence-electron chi connectivity index (χ2n) is 6.06. The lowest BCUT2D eigenvalue weighted by Crippen LogP contribution is -2.34. The molecule has 0 aromatic heterocycles. The molecule has 0 atom stereocenters. The van der Waals surface area contributed by atoms with Crippen molar-refractivity contribution in [3.63, 3.8) is 0 Å². The third kappa shape index (κ3) is 6.10. The monoisotopic (exact) mass is 389 g/mol. The summed E-state index contributed by atoms with van der Waals surface area (Å²) in [6.07, 6.45) is 1.89. The molecule has 0 aliphatic heterocycles. The maximum atomic E-state index is 12.2. The Kier molecular flexibility index (Phi) is 6.95. The molecule has 27 heavy (non-hydrogen) atoms. The smallest absolute Gasteiger partial charge is 0.333 e. The van der Waals surface area contributed by atoms with E-state index in [1.54, 1.807) is 24.3 Å². The average Bonchev–Trinajstić information content (AvgIpc) is 2.62. The molecule has 0 saturated carbocycles. The lowest BCUT2D eigenvalue weighted by molar-refractivity contribution is 0.0953. The topological polar surface area (TPSA) is 104 Å². The Labute approximate surface area is 159 Å². The van der Waals surface area contributed by atoms with Crippen molar-refractivity contribution in [1.29, 1.82) is 0 Å². The summed E-state index contributed by atoms with van der Waals surface area (Å²) in [4.78, 5) is 23.9. The highest BCUT2D eigenvalue weighted by Crippen LogP contribution is 2.12. The number of hydrogen-bond acceptors (Lipinski definition) is 4. The number of hydrogen-bond donors (Lipinski definition) is 3. The van der Waals surface area contributed by atoms with E-state index in [1.165, 1.54) is 24.3 Å². The van der Waals surface area contributed by atoms with E-state index in [2.05, 4.69) is 10.6 Å². The molecular formula is C19H23N3O4S. The molecule has 8 heteroatoms. The van der Waals surface area contributed by atoms with E-state index in [0.717, 1.165) is 18.4 Å². The van der Waals surface area contributed by atoms with Gasteiger partial charge in [0.05, 0.1) is 4.90 Å². The first-order chi connectivity index (χ1) is 12.8. The fourth-order valence-electron chi connectivity index (χ4n) is 2.24. The number of carbonyl (C=O) groups excluding carboxylic acids is 2. The Bertz CT molecular complexity index is 892. The largest absolute Gasteiger partial charge is 0.352 e. The number of benzene rings is 2. The Balaban J connectivity index is 1.95. The molecule has 0 aliphatic carbocycles. The van der Waals surface area contributed by atoms with Crippen molar-refractivity contribution >= 4 is 27.6 Å². The first-order valence-electron chi connectivity index (χ1n) is 8.60. The van der Waals surface area contributed by atoms with Crippen LogP contribution in [0, 0.1) is 6.92 Å². The van der Waals surface area contributed by atoms with E-state index in [4.69, 9.17) is 0 Å². The predicted molar refractivity (Wildman–Crippen MR) is 104 cm³/mol. The van der Waals surface area contributed by atoms with Gasteiger partial charge in [-0.3, -0.25) is 4.79 Å². The molecule has 0 aliphatic rings. The fraction of sp³-hybridized carbons (Fsp3) is 0.263. The van der Waals surface area contributed by atoms with Gasteiger partial charge in [-0.2, -0.15) is 0 Å². The Morgan fingerprint density at radius 2 is 1.59 bits per heavy atom. The number of urea groups is 1. The number of aryl methyl sites for hydroxylation is 1. The van der Waals surface area contributed by atoms with Gasteiger partial charge in [-0.1, -0.05) is 31.0 Å². The molecule has 144 valence electrons. The van der Waals surface area contributed by atoms with E-state index in [0.29, 0.717) is 17.8 Å². The molecule has 3 amide bonds. The van der Waals surface area contributed by atoms with E-state index >= 15 is 0 Å². The van der Waals surface area contributed by atoms with E-state index in [9.17, 15) is 18.0 Å². The summed E-state index contributed by atoms with van der Waals surface area (Å²) < 4.78 is 26.3. The molecule has 0 fully saturated rings. The van der Waals surface area contributed by atoms with Crippen molar-refractivity contribution in [2.45, 2.75) is 31.6 Å². The number of unbranched alkanes of at least 4 members (excludes halogenated alkanes) is 1. The summed E-state index contributed by atoms with van der Waals surface area (Å²) in [6, 6.07) is 11.5. The van der Waals surface area contributed by atoms with Gasteiger partial charge in [0.15, 0.2) is 0 Å². The first-order valence-corrected chi connectivity index (χ1v) is 10.1. The maximum Gasteiger partial charge on any atom is 0.333 e. The zero-order valence-corrected chi connectivity index (χ0v) is 16.1. The molecule has 2 aromatic rings. The van der Waals surface area contributed by atoms with Crippen molar-refractivity contribution < 1.29 is 18.0 Å². The molecule has 3 N–H and O–H groups in total. The molecular weight excluding hydrogens is 366 g/mol. The maximum absolute atomic E-state index is 12.2. The number of nitrogens with one attached hydrogen (secondary N) is 3. The molecule has 0 radical (unpaired) electrons. The first kappa shape index (κ1) is 20.4. The van der Waals surface area contributed by atoms with Crippen LogP contribution in [0.25, 0.3) is 0 Å². The molecule has 0 spiro atoms. The normalized spacial score (nSPS) is 10.9. The average molecular weight is 389 g/mol. The third-order valence-corrected chi connectivity index (χ3v) is 5.13. The lowest BCUT2D eigenvalue weighted by Gasteiger charge is -2.10. The minimum absolute atomic E-state index is 0.00217. The summed E-state index contributed by atoms with van der Waals surface area (Å²) in [5.74, 6) is -0.193. The zero-order valence-electron chi connectivity index (χ0n) is 15.3. The summed E-state index contributed by atoms with van der Waals surface area (Å²) in [5, 5.41) is 5.23.